The second kappa shape index (κ2) is 8.39. The van der Waals surface area contributed by atoms with Crippen LogP contribution in [-0.4, -0.2) is 28.3 Å². The number of amides is 1. The third kappa shape index (κ3) is 4.66. The number of halogens is 3. The lowest BCUT2D eigenvalue weighted by molar-refractivity contribution is -0.137. The molecule has 3 rings (SSSR count). The first kappa shape index (κ1) is 19.8. The molecule has 1 heterocycles. The summed E-state index contributed by atoms with van der Waals surface area (Å²) in [7, 11) is 1.51. The van der Waals surface area contributed by atoms with E-state index in [4.69, 9.17) is 4.74 Å². The van der Waals surface area contributed by atoms with Crippen LogP contribution in [0.3, 0.4) is 0 Å². The third-order valence-electron chi connectivity index (χ3n) is 3.77. The molecule has 2 aromatic carbocycles. The lowest BCUT2D eigenvalue weighted by atomic mass is 10.2. The highest BCUT2D eigenvalue weighted by molar-refractivity contribution is 7.99. The summed E-state index contributed by atoms with van der Waals surface area (Å²) in [5.41, 5.74) is 0.111. The third-order valence-corrected chi connectivity index (χ3v) is 4.74. The van der Waals surface area contributed by atoms with E-state index < -0.39 is 11.7 Å². The number of ether oxygens (including phenoxy) is 1. The van der Waals surface area contributed by atoms with E-state index in [1.54, 1.807) is 36.5 Å². The van der Waals surface area contributed by atoms with E-state index in [1.165, 1.54) is 23.9 Å². The van der Waals surface area contributed by atoms with Gasteiger partial charge < -0.3 is 10.1 Å². The zero-order valence-electron chi connectivity index (χ0n) is 14.7. The van der Waals surface area contributed by atoms with Crippen LogP contribution >= 0.6 is 11.8 Å². The standard InChI is InChI=1S/C19H16F3N3O2S/c1-27-16-8-3-2-7-15(16)24-17(26)12-28-18-23-9-10-25(18)14-6-4-5-13(11-14)19(20,21)22/h2-11H,12H2,1H3,(H,24,26). The van der Waals surface area contributed by atoms with Crippen molar-refractivity contribution in [2.24, 2.45) is 0 Å². The number of methoxy groups -OCH3 is 1. The zero-order chi connectivity index (χ0) is 20.1. The highest BCUT2D eigenvalue weighted by Gasteiger charge is 2.30. The highest BCUT2D eigenvalue weighted by Crippen LogP contribution is 2.31. The van der Waals surface area contributed by atoms with E-state index in [9.17, 15) is 18.0 Å². The molecule has 5 nitrogen and oxygen atoms in total. The molecular formula is C19H16F3N3O2S. The van der Waals surface area contributed by atoms with Crippen molar-refractivity contribution >= 4 is 23.4 Å². The first-order valence-corrected chi connectivity index (χ1v) is 9.13. The average Bonchev–Trinajstić information content (AvgIpc) is 3.15. The molecule has 0 fully saturated rings. The molecule has 28 heavy (non-hydrogen) atoms. The Morgan fingerprint density at radius 3 is 2.75 bits per heavy atom. The topological polar surface area (TPSA) is 56.1 Å². The van der Waals surface area contributed by atoms with Crippen LogP contribution in [0.5, 0.6) is 5.75 Å². The van der Waals surface area contributed by atoms with Crippen LogP contribution in [0.2, 0.25) is 0 Å². The van der Waals surface area contributed by atoms with Crippen molar-refractivity contribution < 1.29 is 22.7 Å². The molecular weight excluding hydrogens is 391 g/mol. The van der Waals surface area contributed by atoms with Crippen LogP contribution in [0, 0.1) is 0 Å². The van der Waals surface area contributed by atoms with Crippen LogP contribution in [0.1, 0.15) is 5.56 Å². The number of alkyl halides is 3. The molecule has 0 saturated carbocycles. The highest BCUT2D eigenvalue weighted by atomic mass is 32.2. The molecule has 1 amide bonds. The first-order chi connectivity index (χ1) is 13.4. The Balaban J connectivity index is 1.70. The van der Waals surface area contributed by atoms with Gasteiger partial charge in [0, 0.05) is 18.1 Å². The number of imidazole rings is 1. The van der Waals surface area contributed by atoms with Gasteiger partial charge in [-0.25, -0.2) is 4.98 Å². The van der Waals surface area contributed by atoms with Crippen LogP contribution in [0.4, 0.5) is 18.9 Å². The van der Waals surface area contributed by atoms with Gasteiger partial charge in [-0.2, -0.15) is 13.2 Å². The minimum absolute atomic E-state index is 0.0357. The number of carbonyl (C=O) groups excluding carboxylic acids is 1. The smallest absolute Gasteiger partial charge is 0.416 e. The van der Waals surface area contributed by atoms with Gasteiger partial charge in [0.25, 0.3) is 0 Å². The minimum atomic E-state index is -4.43. The predicted octanol–water partition coefficient (Wildman–Crippen LogP) is 4.63. The van der Waals surface area contributed by atoms with Gasteiger partial charge in [-0.05, 0) is 30.3 Å². The van der Waals surface area contributed by atoms with Crippen molar-refractivity contribution in [3.05, 3.63) is 66.5 Å². The Morgan fingerprint density at radius 2 is 2.00 bits per heavy atom. The van der Waals surface area contributed by atoms with Crippen molar-refractivity contribution in [3.8, 4) is 11.4 Å². The monoisotopic (exact) mass is 407 g/mol. The molecule has 0 spiro atoms. The quantitative estimate of drug-likeness (QED) is 0.606. The lowest BCUT2D eigenvalue weighted by Gasteiger charge is -2.12. The van der Waals surface area contributed by atoms with Crippen LogP contribution in [-0.2, 0) is 11.0 Å². The van der Waals surface area contributed by atoms with Crippen LogP contribution in [0.25, 0.3) is 5.69 Å². The Labute approximate surface area is 163 Å². The molecule has 0 atom stereocenters. The molecule has 1 aromatic heterocycles. The molecule has 0 radical (unpaired) electrons. The number of anilines is 1. The molecule has 9 heteroatoms. The van der Waals surface area contributed by atoms with Crippen LogP contribution in [0.15, 0.2) is 66.1 Å². The number of benzene rings is 2. The van der Waals surface area contributed by atoms with Crippen molar-refractivity contribution in [3.63, 3.8) is 0 Å². The van der Waals surface area contributed by atoms with Crippen molar-refractivity contribution in [1.82, 2.24) is 9.55 Å². The average molecular weight is 407 g/mol. The van der Waals surface area contributed by atoms with E-state index >= 15 is 0 Å². The predicted molar refractivity (Wildman–Crippen MR) is 101 cm³/mol. The normalized spacial score (nSPS) is 11.3. The van der Waals surface area contributed by atoms with Gasteiger partial charge in [0.15, 0.2) is 5.16 Å². The maximum atomic E-state index is 12.9. The van der Waals surface area contributed by atoms with Crippen molar-refractivity contribution in [2.75, 3.05) is 18.2 Å². The van der Waals surface area contributed by atoms with Gasteiger partial charge in [0.05, 0.1) is 24.1 Å². The number of nitrogens with one attached hydrogen (secondary N) is 1. The van der Waals surface area contributed by atoms with Crippen LogP contribution < -0.4 is 10.1 Å². The number of nitrogens with zero attached hydrogens (tertiary/aromatic N) is 2. The number of aromatic nitrogens is 2. The summed E-state index contributed by atoms with van der Waals surface area (Å²) in [6, 6.07) is 11.9. The van der Waals surface area contributed by atoms with E-state index in [1.807, 2.05) is 0 Å². The lowest BCUT2D eigenvalue weighted by Crippen LogP contribution is -2.15. The van der Waals surface area contributed by atoms with Crippen molar-refractivity contribution in [1.29, 1.82) is 0 Å². The molecule has 3 aromatic rings. The van der Waals surface area contributed by atoms with E-state index in [0.717, 1.165) is 23.9 Å². The van der Waals surface area contributed by atoms with E-state index in [-0.39, 0.29) is 11.7 Å². The van der Waals surface area contributed by atoms with Gasteiger partial charge in [-0.1, -0.05) is 30.0 Å². The van der Waals surface area contributed by atoms with Gasteiger partial charge in [0.2, 0.25) is 5.91 Å². The fourth-order valence-corrected chi connectivity index (χ4v) is 3.26. The summed E-state index contributed by atoms with van der Waals surface area (Å²) >= 11 is 1.12. The molecule has 146 valence electrons. The number of hydrogen-bond donors (Lipinski definition) is 1. The summed E-state index contributed by atoms with van der Waals surface area (Å²) in [5, 5.41) is 3.15. The Bertz CT molecular complexity index is 973. The van der Waals surface area contributed by atoms with Gasteiger partial charge in [-0.15, -0.1) is 0 Å². The Morgan fingerprint density at radius 1 is 1.21 bits per heavy atom. The summed E-state index contributed by atoms with van der Waals surface area (Å²) in [4.78, 5) is 16.4. The Kier molecular flexibility index (Phi) is 5.93. The molecule has 1 N–H and O–H groups in total. The number of thioether (sulfide) groups is 1. The fourth-order valence-electron chi connectivity index (χ4n) is 2.49. The van der Waals surface area contributed by atoms with Gasteiger partial charge in [0.1, 0.15) is 5.75 Å². The summed E-state index contributed by atoms with van der Waals surface area (Å²) < 4.78 is 45.5. The van der Waals surface area contributed by atoms with Gasteiger partial charge in [-0.3, -0.25) is 9.36 Å². The molecule has 0 unspecified atom stereocenters. The largest absolute Gasteiger partial charge is 0.495 e. The maximum Gasteiger partial charge on any atom is 0.416 e. The zero-order valence-corrected chi connectivity index (χ0v) is 15.6. The fraction of sp³-hybridized carbons (Fsp3) is 0.158. The number of rotatable bonds is 6. The van der Waals surface area contributed by atoms with Crippen molar-refractivity contribution in [2.45, 2.75) is 11.3 Å². The summed E-state index contributed by atoms with van der Waals surface area (Å²) in [6.07, 6.45) is -1.41. The second-order valence-corrected chi connectivity index (χ2v) is 6.61. The molecule has 0 aliphatic rings. The minimum Gasteiger partial charge on any atom is -0.495 e. The number of para-hydroxylation sites is 2. The first-order valence-electron chi connectivity index (χ1n) is 8.15. The van der Waals surface area contributed by atoms with Gasteiger partial charge >= 0.3 is 6.18 Å². The summed E-state index contributed by atoms with van der Waals surface area (Å²) in [6.45, 7) is 0. The van der Waals surface area contributed by atoms with E-state index in [2.05, 4.69) is 10.3 Å². The maximum absolute atomic E-state index is 12.9. The van der Waals surface area contributed by atoms with E-state index in [0.29, 0.717) is 22.3 Å². The molecule has 0 aliphatic heterocycles. The molecule has 0 aliphatic carbocycles. The summed E-state index contributed by atoms with van der Waals surface area (Å²) in [5.74, 6) is 0.285. The SMILES string of the molecule is COc1ccccc1NC(=O)CSc1nccn1-c1cccc(C(F)(F)F)c1. The number of hydrogen-bond acceptors (Lipinski definition) is 4. The second-order valence-electron chi connectivity index (χ2n) is 5.67. The molecule has 0 bridgehead atoms. The Hall–Kier alpha value is -2.94. The molecule has 0 saturated heterocycles. The number of carbonyl (C=O) groups is 1.